The van der Waals surface area contributed by atoms with Gasteiger partial charge in [0.25, 0.3) is 0 Å². The number of rotatable bonds is 3. The van der Waals surface area contributed by atoms with Crippen LogP contribution < -0.4 is 4.74 Å². The van der Waals surface area contributed by atoms with Crippen LogP contribution in [0.1, 0.15) is 11.1 Å². The Morgan fingerprint density at radius 1 is 1.11 bits per heavy atom. The van der Waals surface area contributed by atoms with Gasteiger partial charge in [-0.1, -0.05) is 41.4 Å². The smallest absolute Gasteiger partial charge is 0.126 e. The summed E-state index contributed by atoms with van der Waals surface area (Å²) < 4.78 is 5.64. The number of benzene rings is 2. The summed E-state index contributed by atoms with van der Waals surface area (Å²) in [5.41, 5.74) is 1.52. The van der Waals surface area contributed by atoms with E-state index in [0.29, 0.717) is 28.0 Å². The van der Waals surface area contributed by atoms with E-state index in [1.165, 1.54) is 0 Å². The van der Waals surface area contributed by atoms with Gasteiger partial charge in [0.05, 0.1) is 10.0 Å². The van der Waals surface area contributed by atoms with Gasteiger partial charge in [-0.05, 0) is 25.1 Å². The maximum Gasteiger partial charge on any atom is 0.126 e. The molecule has 0 heterocycles. The first kappa shape index (κ1) is 13.1. The van der Waals surface area contributed by atoms with E-state index in [1.807, 2.05) is 12.1 Å². The first-order valence-corrected chi connectivity index (χ1v) is 6.19. The van der Waals surface area contributed by atoms with Crippen LogP contribution in [0.3, 0.4) is 0 Å². The quantitative estimate of drug-likeness (QED) is 0.893. The number of hydrogen-bond acceptors (Lipinski definition) is 2. The maximum atomic E-state index is 9.57. The van der Waals surface area contributed by atoms with Gasteiger partial charge in [0.2, 0.25) is 0 Å². The van der Waals surface area contributed by atoms with E-state index in [1.54, 1.807) is 31.2 Å². The number of phenols is 1. The van der Waals surface area contributed by atoms with Crippen LogP contribution in [0.5, 0.6) is 11.5 Å². The molecule has 0 aliphatic carbocycles. The van der Waals surface area contributed by atoms with E-state index in [0.717, 1.165) is 5.56 Å². The summed E-state index contributed by atoms with van der Waals surface area (Å²) >= 11 is 12.0. The van der Waals surface area contributed by atoms with Crippen molar-refractivity contribution in [2.24, 2.45) is 0 Å². The Bertz CT molecular complexity index is 516. The van der Waals surface area contributed by atoms with Crippen molar-refractivity contribution in [3.05, 3.63) is 57.6 Å². The number of ether oxygens (including phenoxy) is 1. The molecule has 0 aliphatic rings. The topological polar surface area (TPSA) is 29.5 Å². The fourth-order valence-corrected chi connectivity index (χ4v) is 1.95. The first-order valence-electron chi connectivity index (χ1n) is 5.44. The van der Waals surface area contributed by atoms with Crippen molar-refractivity contribution in [1.29, 1.82) is 0 Å². The highest BCUT2D eigenvalue weighted by Gasteiger charge is 2.07. The van der Waals surface area contributed by atoms with Crippen molar-refractivity contribution in [2.75, 3.05) is 0 Å². The predicted octanol–water partition coefficient (Wildman–Crippen LogP) is 4.59. The second-order valence-electron chi connectivity index (χ2n) is 3.90. The van der Waals surface area contributed by atoms with E-state index in [2.05, 4.69) is 0 Å². The van der Waals surface area contributed by atoms with Crippen molar-refractivity contribution < 1.29 is 9.84 Å². The Morgan fingerprint density at radius 3 is 2.61 bits per heavy atom. The second kappa shape index (κ2) is 5.51. The van der Waals surface area contributed by atoms with Crippen LogP contribution in [0.2, 0.25) is 10.0 Å². The zero-order chi connectivity index (χ0) is 13.1. The van der Waals surface area contributed by atoms with Crippen molar-refractivity contribution in [3.8, 4) is 11.5 Å². The van der Waals surface area contributed by atoms with Crippen molar-refractivity contribution in [1.82, 2.24) is 0 Å². The fraction of sp³-hybridized carbons (Fsp3) is 0.143. The summed E-state index contributed by atoms with van der Waals surface area (Å²) in [7, 11) is 0. The van der Waals surface area contributed by atoms with Gasteiger partial charge in [-0.2, -0.15) is 0 Å². The minimum absolute atomic E-state index is 0.213. The minimum Gasteiger partial charge on any atom is -0.508 e. The van der Waals surface area contributed by atoms with Crippen molar-refractivity contribution in [2.45, 2.75) is 13.5 Å². The van der Waals surface area contributed by atoms with Gasteiger partial charge in [-0.25, -0.2) is 0 Å². The molecule has 0 fully saturated rings. The molecule has 2 rings (SSSR count). The summed E-state index contributed by atoms with van der Waals surface area (Å²) in [6.45, 7) is 2.11. The summed E-state index contributed by atoms with van der Waals surface area (Å²) in [5, 5.41) is 10.6. The molecule has 1 N–H and O–H groups in total. The third-order valence-electron chi connectivity index (χ3n) is 2.67. The van der Waals surface area contributed by atoms with E-state index >= 15 is 0 Å². The van der Waals surface area contributed by atoms with Gasteiger partial charge in [0, 0.05) is 11.1 Å². The van der Waals surface area contributed by atoms with Crippen LogP contribution in [-0.2, 0) is 6.61 Å². The fourth-order valence-electron chi connectivity index (χ4n) is 1.57. The summed E-state index contributed by atoms with van der Waals surface area (Å²) in [4.78, 5) is 0. The molecule has 0 saturated heterocycles. The largest absolute Gasteiger partial charge is 0.508 e. The van der Waals surface area contributed by atoms with Crippen LogP contribution in [0.4, 0.5) is 0 Å². The van der Waals surface area contributed by atoms with Crippen molar-refractivity contribution in [3.63, 3.8) is 0 Å². The Balaban J connectivity index is 2.17. The third-order valence-corrected chi connectivity index (χ3v) is 3.53. The predicted molar refractivity (Wildman–Crippen MR) is 73.6 cm³/mol. The van der Waals surface area contributed by atoms with Gasteiger partial charge >= 0.3 is 0 Å². The zero-order valence-corrected chi connectivity index (χ0v) is 11.3. The lowest BCUT2D eigenvalue weighted by atomic mass is 10.2. The molecule has 2 aromatic rings. The molecule has 0 aromatic heterocycles. The molecule has 94 valence electrons. The zero-order valence-electron chi connectivity index (χ0n) is 9.78. The van der Waals surface area contributed by atoms with Gasteiger partial charge < -0.3 is 9.84 Å². The normalized spacial score (nSPS) is 10.4. The van der Waals surface area contributed by atoms with E-state index in [-0.39, 0.29) is 5.75 Å². The average molecular weight is 283 g/mol. The second-order valence-corrected chi connectivity index (χ2v) is 4.69. The molecule has 0 radical (unpaired) electrons. The lowest BCUT2D eigenvalue weighted by Gasteiger charge is -2.11. The SMILES string of the molecule is Cc1c(O)cccc1OCc1cccc(Cl)c1Cl. The molecule has 18 heavy (non-hydrogen) atoms. The summed E-state index contributed by atoms with van der Waals surface area (Å²) in [5.74, 6) is 0.843. The van der Waals surface area contributed by atoms with Gasteiger partial charge in [0.15, 0.2) is 0 Å². The Kier molecular flexibility index (Phi) is 4.00. The molecule has 2 nitrogen and oxygen atoms in total. The Hall–Kier alpha value is -1.38. The highest BCUT2D eigenvalue weighted by Crippen LogP contribution is 2.29. The van der Waals surface area contributed by atoms with Gasteiger partial charge in [-0.3, -0.25) is 0 Å². The van der Waals surface area contributed by atoms with Crippen LogP contribution in [0, 0.1) is 6.92 Å². The van der Waals surface area contributed by atoms with E-state index in [4.69, 9.17) is 27.9 Å². The van der Waals surface area contributed by atoms with Crippen LogP contribution in [-0.4, -0.2) is 5.11 Å². The Morgan fingerprint density at radius 2 is 1.83 bits per heavy atom. The molecule has 4 heteroatoms. The third kappa shape index (κ3) is 2.71. The standard InChI is InChI=1S/C14H12Cl2O2/c1-9-12(17)6-3-7-13(9)18-8-10-4-2-5-11(15)14(10)16/h2-7,17H,8H2,1H3. The Labute approximate surface area is 116 Å². The van der Waals surface area contributed by atoms with Crippen LogP contribution in [0.25, 0.3) is 0 Å². The molecular formula is C14H12Cl2O2. The molecule has 0 unspecified atom stereocenters. The van der Waals surface area contributed by atoms with Crippen LogP contribution in [0.15, 0.2) is 36.4 Å². The molecule has 0 amide bonds. The monoisotopic (exact) mass is 282 g/mol. The number of phenolic OH excluding ortho intramolecular Hbond substituents is 1. The van der Waals surface area contributed by atoms with Crippen molar-refractivity contribution >= 4 is 23.2 Å². The van der Waals surface area contributed by atoms with E-state index in [9.17, 15) is 5.11 Å². The summed E-state index contributed by atoms with van der Waals surface area (Å²) in [6, 6.07) is 10.6. The molecule has 0 spiro atoms. The lowest BCUT2D eigenvalue weighted by molar-refractivity contribution is 0.302. The van der Waals surface area contributed by atoms with Gasteiger partial charge in [0.1, 0.15) is 18.1 Å². The molecular weight excluding hydrogens is 271 g/mol. The lowest BCUT2D eigenvalue weighted by Crippen LogP contribution is -1.98. The molecule has 0 atom stereocenters. The maximum absolute atomic E-state index is 9.57. The summed E-state index contributed by atoms with van der Waals surface area (Å²) in [6.07, 6.45) is 0. The minimum atomic E-state index is 0.213. The highest BCUT2D eigenvalue weighted by molar-refractivity contribution is 6.42. The number of hydrogen-bond donors (Lipinski definition) is 1. The van der Waals surface area contributed by atoms with Crippen LogP contribution >= 0.6 is 23.2 Å². The first-order chi connectivity index (χ1) is 8.59. The number of halogens is 2. The molecule has 0 bridgehead atoms. The molecule has 2 aromatic carbocycles. The number of aromatic hydroxyl groups is 1. The molecule has 0 saturated carbocycles. The highest BCUT2D eigenvalue weighted by atomic mass is 35.5. The molecule has 0 aliphatic heterocycles. The van der Waals surface area contributed by atoms with E-state index < -0.39 is 0 Å². The average Bonchev–Trinajstić information content (AvgIpc) is 2.36. The van der Waals surface area contributed by atoms with Gasteiger partial charge in [-0.15, -0.1) is 0 Å².